The van der Waals surface area contributed by atoms with Crippen molar-refractivity contribution in [2.24, 2.45) is 11.8 Å². The average Bonchev–Trinajstić information content (AvgIpc) is 2.34. The van der Waals surface area contributed by atoms with Gasteiger partial charge < -0.3 is 0 Å². The van der Waals surface area contributed by atoms with E-state index in [0.717, 1.165) is 0 Å². The summed E-state index contributed by atoms with van der Waals surface area (Å²) in [7, 11) is 0. The van der Waals surface area contributed by atoms with Gasteiger partial charge in [0.05, 0.1) is 0 Å². The second-order valence-electron chi connectivity index (χ2n) is 6.11. The summed E-state index contributed by atoms with van der Waals surface area (Å²) in [6.07, 6.45) is 9.52. The van der Waals surface area contributed by atoms with Gasteiger partial charge in [0.25, 0.3) is 0 Å². The van der Waals surface area contributed by atoms with Crippen LogP contribution in [0.25, 0.3) is 0 Å². The predicted octanol–water partition coefficient (Wildman–Crippen LogP) is 4.17. The van der Waals surface area contributed by atoms with E-state index in [1.807, 2.05) is 0 Å². The maximum atomic E-state index is 5.88. The number of nitrogens with one attached hydrogen (secondary N) is 1. The number of aryl methyl sites for hydroxylation is 2. The molecule has 0 saturated heterocycles. The second kappa shape index (κ2) is 7.06. The van der Waals surface area contributed by atoms with Crippen LogP contribution in [0.5, 0.6) is 0 Å². The van der Waals surface area contributed by atoms with Gasteiger partial charge in [0.15, 0.2) is 0 Å². The van der Waals surface area contributed by atoms with Gasteiger partial charge in [-0.2, -0.15) is 0 Å². The van der Waals surface area contributed by atoms with Gasteiger partial charge in [0.2, 0.25) is 0 Å². The fraction of sp³-hybridized carbons (Fsp3) is 0.647. The summed E-state index contributed by atoms with van der Waals surface area (Å²) >= 11 is 0. The van der Waals surface area contributed by atoms with Crippen LogP contribution in [0.2, 0.25) is 0 Å². The molecule has 0 aliphatic heterocycles. The Bertz CT molecular complexity index is 392. The largest absolute Gasteiger partial charge is 0.271 e. The molecule has 19 heavy (non-hydrogen) atoms. The summed E-state index contributed by atoms with van der Waals surface area (Å²) in [4.78, 5) is 0. The molecule has 0 bridgehead atoms. The van der Waals surface area contributed by atoms with Crippen LogP contribution in [-0.2, 0) is 0 Å². The maximum absolute atomic E-state index is 5.88. The zero-order valence-corrected chi connectivity index (χ0v) is 12.4. The highest BCUT2D eigenvalue weighted by atomic mass is 15.2. The Balaban J connectivity index is 2.17. The third-order valence-electron chi connectivity index (χ3n) is 4.56. The number of hydrazine groups is 1. The molecule has 0 spiro atoms. The van der Waals surface area contributed by atoms with E-state index in [0.29, 0.717) is 12.0 Å². The van der Waals surface area contributed by atoms with Crippen LogP contribution in [0.1, 0.15) is 67.7 Å². The minimum Gasteiger partial charge on any atom is -0.271 e. The van der Waals surface area contributed by atoms with Crippen molar-refractivity contribution >= 4 is 0 Å². The van der Waals surface area contributed by atoms with Crippen molar-refractivity contribution in [2.45, 2.75) is 64.8 Å². The van der Waals surface area contributed by atoms with Gasteiger partial charge in [-0.25, -0.2) is 0 Å². The summed E-state index contributed by atoms with van der Waals surface area (Å²) < 4.78 is 0. The molecular weight excluding hydrogens is 232 g/mol. The van der Waals surface area contributed by atoms with Crippen LogP contribution < -0.4 is 11.3 Å². The molecule has 106 valence electrons. The van der Waals surface area contributed by atoms with Gasteiger partial charge in [0.1, 0.15) is 0 Å². The monoisotopic (exact) mass is 260 g/mol. The third-order valence-corrected chi connectivity index (χ3v) is 4.56. The van der Waals surface area contributed by atoms with Crippen molar-refractivity contribution in [3.63, 3.8) is 0 Å². The SMILES string of the molecule is Cc1ccc(C(NN)C2CCCCCCC2)c(C)c1. The molecule has 2 nitrogen and oxygen atoms in total. The van der Waals surface area contributed by atoms with Crippen molar-refractivity contribution in [3.05, 3.63) is 34.9 Å². The quantitative estimate of drug-likeness (QED) is 0.632. The van der Waals surface area contributed by atoms with E-state index in [4.69, 9.17) is 5.84 Å². The molecule has 0 heterocycles. The Morgan fingerprint density at radius 3 is 2.26 bits per heavy atom. The lowest BCUT2D eigenvalue weighted by atomic mass is 9.82. The molecule has 1 aliphatic carbocycles. The molecule has 1 aromatic rings. The molecule has 2 rings (SSSR count). The van der Waals surface area contributed by atoms with Gasteiger partial charge >= 0.3 is 0 Å². The summed E-state index contributed by atoms with van der Waals surface area (Å²) in [5, 5.41) is 0. The molecule has 2 heteroatoms. The standard InChI is InChI=1S/C17H28N2/c1-13-10-11-16(14(2)12-13)17(19-18)15-8-6-4-3-5-7-9-15/h10-12,15,17,19H,3-9,18H2,1-2H3. The summed E-state index contributed by atoms with van der Waals surface area (Å²) in [6.45, 7) is 4.35. The van der Waals surface area contributed by atoms with Crippen LogP contribution in [0.4, 0.5) is 0 Å². The molecule has 1 unspecified atom stereocenters. The lowest BCUT2D eigenvalue weighted by Crippen LogP contribution is -2.34. The average molecular weight is 260 g/mol. The van der Waals surface area contributed by atoms with E-state index < -0.39 is 0 Å². The van der Waals surface area contributed by atoms with Crippen molar-refractivity contribution in [1.29, 1.82) is 0 Å². The first-order valence-corrected chi connectivity index (χ1v) is 7.75. The van der Waals surface area contributed by atoms with E-state index in [1.165, 1.54) is 61.6 Å². The number of benzene rings is 1. The minimum atomic E-state index is 0.318. The molecule has 1 atom stereocenters. The number of hydrogen-bond acceptors (Lipinski definition) is 2. The zero-order valence-electron chi connectivity index (χ0n) is 12.4. The topological polar surface area (TPSA) is 38.0 Å². The van der Waals surface area contributed by atoms with Crippen molar-refractivity contribution in [3.8, 4) is 0 Å². The van der Waals surface area contributed by atoms with Crippen LogP contribution in [0.15, 0.2) is 18.2 Å². The summed E-state index contributed by atoms with van der Waals surface area (Å²) in [5.74, 6) is 6.57. The minimum absolute atomic E-state index is 0.318. The zero-order chi connectivity index (χ0) is 13.7. The highest BCUT2D eigenvalue weighted by Gasteiger charge is 2.23. The van der Waals surface area contributed by atoms with Crippen molar-refractivity contribution in [1.82, 2.24) is 5.43 Å². The maximum Gasteiger partial charge on any atom is 0.0490 e. The molecule has 1 aromatic carbocycles. The van der Waals surface area contributed by atoms with Crippen LogP contribution in [-0.4, -0.2) is 0 Å². The fourth-order valence-electron chi connectivity index (χ4n) is 3.48. The van der Waals surface area contributed by atoms with Gasteiger partial charge in [-0.3, -0.25) is 11.3 Å². The highest BCUT2D eigenvalue weighted by molar-refractivity contribution is 5.33. The van der Waals surface area contributed by atoms with Gasteiger partial charge in [-0.1, -0.05) is 55.9 Å². The van der Waals surface area contributed by atoms with E-state index in [9.17, 15) is 0 Å². The number of rotatable bonds is 3. The molecule has 3 N–H and O–H groups in total. The molecule has 1 fully saturated rings. The Hall–Kier alpha value is -0.860. The van der Waals surface area contributed by atoms with E-state index in [-0.39, 0.29) is 0 Å². The van der Waals surface area contributed by atoms with Crippen molar-refractivity contribution in [2.75, 3.05) is 0 Å². The summed E-state index contributed by atoms with van der Waals surface area (Å²) in [5.41, 5.74) is 7.18. The van der Waals surface area contributed by atoms with Gasteiger partial charge in [-0.05, 0) is 43.7 Å². The van der Waals surface area contributed by atoms with E-state index in [2.05, 4.69) is 37.5 Å². The normalized spacial score (nSPS) is 19.7. The fourth-order valence-corrected chi connectivity index (χ4v) is 3.48. The van der Waals surface area contributed by atoms with Gasteiger partial charge in [0, 0.05) is 6.04 Å². The van der Waals surface area contributed by atoms with Crippen LogP contribution in [0, 0.1) is 19.8 Å². The van der Waals surface area contributed by atoms with Crippen LogP contribution in [0.3, 0.4) is 0 Å². The molecule has 1 aliphatic rings. The first-order chi connectivity index (χ1) is 9.22. The first kappa shape index (κ1) is 14.5. The number of hydrogen-bond donors (Lipinski definition) is 2. The Kier molecular flexibility index (Phi) is 5.41. The first-order valence-electron chi connectivity index (χ1n) is 7.75. The Morgan fingerprint density at radius 2 is 1.68 bits per heavy atom. The molecule has 0 aromatic heterocycles. The smallest absolute Gasteiger partial charge is 0.0490 e. The lowest BCUT2D eigenvalue weighted by molar-refractivity contribution is 0.290. The molecule has 1 saturated carbocycles. The van der Waals surface area contributed by atoms with Crippen molar-refractivity contribution < 1.29 is 0 Å². The summed E-state index contributed by atoms with van der Waals surface area (Å²) in [6, 6.07) is 7.05. The van der Waals surface area contributed by atoms with Gasteiger partial charge in [-0.15, -0.1) is 0 Å². The third kappa shape index (κ3) is 3.80. The molecule has 0 amide bonds. The number of nitrogens with two attached hydrogens (primary N) is 1. The second-order valence-corrected chi connectivity index (χ2v) is 6.11. The Morgan fingerprint density at radius 1 is 1.05 bits per heavy atom. The highest BCUT2D eigenvalue weighted by Crippen LogP contribution is 2.33. The van der Waals surface area contributed by atoms with E-state index in [1.54, 1.807) is 0 Å². The molecular formula is C17H28N2. The lowest BCUT2D eigenvalue weighted by Gasteiger charge is -2.29. The predicted molar refractivity (Wildman–Crippen MR) is 81.8 cm³/mol. The Labute approximate surface area is 117 Å². The van der Waals surface area contributed by atoms with E-state index >= 15 is 0 Å². The van der Waals surface area contributed by atoms with Crippen LogP contribution >= 0.6 is 0 Å². The molecule has 0 radical (unpaired) electrons.